The summed E-state index contributed by atoms with van der Waals surface area (Å²) in [5.41, 5.74) is 1.88. The summed E-state index contributed by atoms with van der Waals surface area (Å²) < 4.78 is 17.5. The molecule has 0 fully saturated rings. The number of allylic oxidation sites excluding steroid dienone is 1. The van der Waals surface area contributed by atoms with Gasteiger partial charge in [-0.2, -0.15) is 5.26 Å². The van der Waals surface area contributed by atoms with Gasteiger partial charge in [0.1, 0.15) is 17.6 Å². The molecular weight excluding hydrogens is 388 g/mol. The fraction of sp³-hybridized carbons (Fsp3) is 0.143. The molecule has 1 aliphatic heterocycles. The van der Waals surface area contributed by atoms with Gasteiger partial charge in [0, 0.05) is 25.2 Å². The third kappa shape index (κ3) is 3.79. The molecular formula is C21H16N4O5. The second kappa shape index (κ2) is 7.97. The van der Waals surface area contributed by atoms with Crippen LogP contribution in [0.5, 0.6) is 0 Å². The lowest BCUT2D eigenvalue weighted by molar-refractivity contribution is -0.120. The van der Waals surface area contributed by atoms with Crippen LogP contribution in [0.2, 0.25) is 0 Å². The maximum atomic E-state index is 12.3. The molecule has 3 aromatic rings. The van der Waals surface area contributed by atoms with Gasteiger partial charge in [0.15, 0.2) is 5.58 Å². The predicted octanol–water partition coefficient (Wildman–Crippen LogP) is 2.40. The smallest absolute Gasteiger partial charge is 0.419 e. The molecule has 9 nitrogen and oxygen atoms in total. The summed E-state index contributed by atoms with van der Waals surface area (Å²) in [5.74, 6) is 0.0798. The summed E-state index contributed by atoms with van der Waals surface area (Å²) in [6.45, 7) is 0. The van der Waals surface area contributed by atoms with Crippen molar-refractivity contribution in [1.29, 1.82) is 5.26 Å². The second-order valence-electron chi connectivity index (χ2n) is 6.47. The summed E-state index contributed by atoms with van der Waals surface area (Å²) in [6, 6.07) is 9.98. The standard InChI is InChI=1S/C21H16N4O5/c1-25-16-9-13(3-5-18(16)30-21(25)27)17-6-4-15(29-17)10-14(11-22)24-20(26)19-12-23-7-2-8-28-19/h2-9,12,14H,10H2,1H3,(H,24,26)/t14-/m0/s1. The van der Waals surface area contributed by atoms with E-state index in [9.17, 15) is 14.9 Å². The number of ether oxygens (including phenoxy) is 1. The molecule has 1 amide bonds. The lowest BCUT2D eigenvalue weighted by Gasteiger charge is -2.11. The number of fused-ring (bicyclic) bond motifs is 1. The van der Waals surface area contributed by atoms with E-state index in [-0.39, 0.29) is 12.2 Å². The Morgan fingerprint density at radius 2 is 2.17 bits per heavy atom. The third-order valence-electron chi connectivity index (χ3n) is 4.47. The molecule has 1 aromatic carbocycles. The van der Waals surface area contributed by atoms with E-state index in [1.807, 2.05) is 6.07 Å². The average Bonchev–Trinajstić information content (AvgIpc) is 3.19. The zero-order valence-electron chi connectivity index (χ0n) is 15.9. The van der Waals surface area contributed by atoms with Gasteiger partial charge in [0.05, 0.1) is 24.0 Å². The Morgan fingerprint density at radius 1 is 1.30 bits per heavy atom. The third-order valence-corrected chi connectivity index (χ3v) is 4.47. The maximum absolute atomic E-state index is 12.3. The molecule has 30 heavy (non-hydrogen) atoms. The number of hydrogen-bond donors (Lipinski definition) is 1. The number of benzene rings is 1. The van der Waals surface area contributed by atoms with Crippen molar-refractivity contribution < 1.29 is 18.4 Å². The molecule has 1 atom stereocenters. The molecule has 0 unspecified atom stereocenters. The number of aromatic nitrogens is 1. The summed E-state index contributed by atoms with van der Waals surface area (Å²) >= 11 is 0. The van der Waals surface area contributed by atoms with Gasteiger partial charge in [0.25, 0.3) is 5.91 Å². The maximum Gasteiger partial charge on any atom is 0.419 e. The minimum atomic E-state index is -0.825. The van der Waals surface area contributed by atoms with Crippen LogP contribution in [0.1, 0.15) is 5.76 Å². The average molecular weight is 404 g/mol. The van der Waals surface area contributed by atoms with Gasteiger partial charge < -0.3 is 18.9 Å². The quantitative estimate of drug-likeness (QED) is 0.697. The molecule has 4 rings (SSSR count). The normalized spacial score (nSPS) is 13.9. The summed E-state index contributed by atoms with van der Waals surface area (Å²) in [7, 11) is 1.63. The van der Waals surface area contributed by atoms with Crippen LogP contribution in [0, 0.1) is 11.3 Å². The van der Waals surface area contributed by atoms with Crippen molar-refractivity contribution in [2.75, 3.05) is 0 Å². The van der Waals surface area contributed by atoms with Crippen molar-refractivity contribution >= 4 is 23.2 Å². The van der Waals surface area contributed by atoms with Gasteiger partial charge in [-0.15, -0.1) is 0 Å². The number of rotatable bonds is 5. The van der Waals surface area contributed by atoms with Crippen molar-refractivity contribution in [2.45, 2.75) is 12.5 Å². The number of aryl methyl sites for hydroxylation is 1. The van der Waals surface area contributed by atoms with E-state index in [4.69, 9.17) is 13.6 Å². The minimum Gasteiger partial charge on any atom is -0.461 e. The molecule has 1 aliphatic rings. The fourth-order valence-electron chi connectivity index (χ4n) is 2.93. The Balaban J connectivity index is 1.49. The molecule has 3 heterocycles. The van der Waals surface area contributed by atoms with Crippen molar-refractivity contribution in [3.05, 3.63) is 70.9 Å². The first-order chi connectivity index (χ1) is 14.5. The minimum absolute atomic E-state index is 0.0144. The molecule has 0 radical (unpaired) electrons. The van der Waals surface area contributed by atoms with E-state index in [0.29, 0.717) is 22.6 Å². The van der Waals surface area contributed by atoms with E-state index >= 15 is 0 Å². The molecule has 1 N–H and O–H groups in total. The molecule has 0 saturated heterocycles. The molecule has 0 aliphatic carbocycles. The second-order valence-corrected chi connectivity index (χ2v) is 6.47. The van der Waals surface area contributed by atoms with Crippen LogP contribution >= 0.6 is 0 Å². The van der Waals surface area contributed by atoms with E-state index < -0.39 is 17.7 Å². The topological polar surface area (TPSA) is 123 Å². The van der Waals surface area contributed by atoms with Crippen molar-refractivity contribution in [2.24, 2.45) is 12.0 Å². The number of aliphatic imine (C=N–C) groups is 1. The van der Waals surface area contributed by atoms with Crippen molar-refractivity contribution in [3.63, 3.8) is 0 Å². The number of nitrogens with one attached hydrogen (secondary N) is 1. The van der Waals surface area contributed by atoms with Crippen LogP contribution in [0.4, 0.5) is 0 Å². The Hall–Kier alpha value is -4.32. The SMILES string of the molecule is Cn1c(=O)oc2ccc(-c3ccc(C[C@@H](C#N)NC(=O)C4=CN=CC=CO4)o3)cc21. The van der Waals surface area contributed by atoms with Crippen LogP contribution in [0.3, 0.4) is 0 Å². The van der Waals surface area contributed by atoms with Crippen molar-refractivity contribution in [1.82, 2.24) is 9.88 Å². The molecule has 0 spiro atoms. The van der Waals surface area contributed by atoms with Gasteiger partial charge in [-0.05, 0) is 36.4 Å². The highest BCUT2D eigenvalue weighted by atomic mass is 16.5. The highest BCUT2D eigenvalue weighted by molar-refractivity contribution is 5.92. The Bertz CT molecular complexity index is 1300. The molecule has 0 bridgehead atoms. The number of amides is 1. The summed E-state index contributed by atoms with van der Waals surface area (Å²) in [6.07, 6.45) is 5.79. The summed E-state index contributed by atoms with van der Waals surface area (Å²) in [4.78, 5) is 27.8. The highest BCUT2D eigenvalue weighted by Gasteiger charge is 2.19. The molecule has 150 valence electrons. The molecule has 2 aromatic heterocycles. The van der Waals surface area contributed by atoms with Gasteiger partial charge in [-0.1, -0.05) is 0 Å². The predicted molar refractivity (Wildman–Crippen MR) is 107 cm³/mol. The van der Waals surface area contributed by atoms with Gasteiger partial charge in [-0.25, -0.2) is 4.79 Å². The monoisotopic (exact) mass is 404 g/mol. The Morgan fingerprint density at radius 3 is 3.00 bits per heavy atom. The first-order valence-corrected chi connectivity index (χ1v) is 8.99. The van der Waals surface area contributed by atoms with Gasteiger partial charge in [0.2, 0.25) is 5.76 Å². The first-order valence-electron chi connectivity index (χ1n) is 8.99. The van der Waals surface area contributed by atoms with Crippen LogP contribution in [0.15, 0.2) is 73.3 Å². The Kier molecular flexibility index (Phi) is 5.05. The first kappa shape index (κ1) is 19.0. The van der Waals surface area contributed by atoms with Crippen LogP contribution in [-0.2, 0) is 23.0 Å². The number of nitrogens with zero attached hydrogens (tertiary/aromatic N) is 3. The zero-order valence-corrected chi connectivity index (χ0v) is 15.9. The number of carbonyl (C=O) groups is 1. The number of furan rings is 1. The number of nitriles is 1. The molecule has 0 saturated carbocycles. The highest BCUT2D eigenvalue weighted by Crippen LogP contribution is 2.26. The number of carbonyl (C=O) groups excluding carboxylic acids is 1. The number of hydrogen-bond acceptors (Lipinski definition) is 7. The van der Waals surface area contributed by atoms with Crippen LogP contribution in [-0.4, -0.2) is 22.7 Å². The molecule has 9 heteroatoms. The van der Waals surface area contributed by atoms with E-state index in [0.717, 1.165) is 5.56 Å². The lowest BCUT2D eigenvalue weighted by atomic mass is 10.1. The van der Waals surface area contributed by atoms with Crippen LogP contribution < -0.4 is 11.1 Å². The zero-order chi connectivity index (χ0) is 21.1. The fourth-order valence-corrected chi connectivity index (χ4v) is 2.93. The number of oxazole rings is 1. The summed E-state index contributed by atoms with van der Waals surface area (Å²) in [5, 5.41) is 12.0. The van der Waals surface area contributed by atoms with E-state index in [1.54, 1.807) is 43.5 Å². The largest absolute Gasteiger partial charge is 0.461 e. The van der Waals surface area contributed by atoms with Gasteiger partial charge in [-0.3, -0.25) is 14.4 Å². The lowest BCUT2D eigenvalue weighted by Crippen LogP contribution is -2.36. The van der Waals surface area contributed by atoms with E-state index in [2.05, 4.69) is 10.3 Å². The van der Waals surface area contributed by atoms with E-state index in [1.165, 1.54) is 23.2 Å². The van der Waals surface area contributed by atoms with Crippen molar-refractivity contribution in [3.8, 4) is 17.4 Å². The van der Waals surface area contributed by atoms with Crippen LogP contribution in [0.25, 0.3) is 22.4 Å². The van der Waals surface area contributed by atoms with Gasteiger partial charge >= 0.3 is 5.76 Å². The Labute approximate surface area is 170 Å².